The molecule has 0 aliphatic rings. The Hall–Kier alpha value is -1.14. The van der Waals surface area contributed by atoms with Gasteiger partial charge in [-0.15, -0.1) is 0 Å². The maximum absolute atomic E-state index is 10.0. The van der Waals surface area contributed by atoms with Crippen molar-refractivity contribution in [3.05, 3.63) is 45.8 Å². The van der Waals surface area contributed by atoms with Crippen LogP contribution in [0.4, 0.5) is 9.59 Å². The summed E-state index contributed by atoms with van der Waals surface area (Å²) in [6.07, 6.45) is 0. The predicted molar refractivity (Wildman–Crippen MR) is 59.4 cm³/mol. The first-order valence-corrected chi connectivity index (χ1v) is 6.87. The molecule has 0 fully saturated rings. The molecular weight excluding hydrogens is 312 g/mol. The third-order valence-electron chi connectivity index (χ3n) is 1.51. The summed E-state index contributed by atoms with van der Waals surface area (Å²) in [6, 6.07) is 6.83. The molecule has 1 radical (unpaired) electrons. The fraction of sp³-hybridized carbons (Fsp3) is 0. The number of carbonyl (C=O) groups is 2. The molecule has 2 aromatic rings. The van der Waals surface area contributed by atoms with E-state index in [-0.39, 0.29) is 17.1 Å². The van der Waals surface area contributed by atoms with Crippen LogP contribution < -0.4 is 10.2 Å². The molecule has 0 N–H and O–H groups in total. The molecule has 93 valence electrons. The summed E-state index contributed by atoms with van der Waals surface area (Å²) in [5.41, 5.74) is 0. The van der Waals surface area contributed by atoms with E-state index in [0.717, 1.165) is 0 Å². The Morgan fingerprint density at radius 1 is 0.706 bits per heavy atom. The summed E-state index contributed by atoms with van der Waals surface area (Å²) >= 11 is 0. The van der Waals surface area contributed by atoms with Crippen LogP contribution in [0.5, 0.6) is 0 Å². The quantitative estimate of drug-likeness (QED) is 0.616. The van der Waals surface area contributed by atoms with Crippen molar-refractivity contribution < 1.29 is 36.9 Å². The van der Waals surface area contributed by atoms with E-state index in [1.54, 1.807) is 45.8 Å². The van der Waals surface area contributed by atoms with Gasteiger partial charge < -0.3 is 19.8 Å². The van der Waals surface area contributed by atoms with Crippen LogP contribution >= 0.6 is 20.9 Å². The number of hydrogen-bond donors (Lipinski definition) is 0. The minimum Gasteiger partial charge on any atom is -0.500 e. The summed E-state index contributed by atoms with van der Waals surface area (Å²) in [5, 5.41) is 24.4. The third kappa shape index (κ3) is 5.65. The van der Waals surface area contributed by atoms with Crippen LogP contribution in [0.25, 0.3) is 0 Å². The molecule has 2 rings (SSSR count). The molecule has 0 spiro atoms. The molecule has 0 aliphatic heterocycles. The minimum absolute atomic E-state index is 0. The monoisotopic (exact) mass is 319 g/mol. The van der Waals surface area contributed by atoms with Gasteiger partial charge in [0.25, 0.3) is 0 Å². The minimum atomic E-state index is -1.00. The van der Waals surface area contributed by atoms with Gasteiger partial charge >= 0.3 is 27.7 Å². The largest absolute Gasteiger partial charge is 2.00 e. The number of carboxylic acid groups (broad SMARTS) is 2. The zero-order valence-corrected chi connectivity index (χ0v) is 10.9. The second kappa shape index (κ2) is 8.02. The van der Waals surface area contributed by atoms with Crippen molar-refractivity contribution >= 4 is 31.5 Å². The summed E-state index contributed by atoms with van der Waals surface area (Å²) in [4.78, 5) is 20.0. The fourth-order valence-electron chi connectivity index (χ4n) is 0.833. The molecule has 0 aromatic carbocycles. The molecule has 0 amide bonds. The van der Waals surface area contributed by atoms with Crippen LogP contribution in [0.1, 0.15) is 0 Å². The molecule has 2 heterocycles. The standard InChI is InChI=1S/2C5H4O2S.Cu/c2*6-5(7)8-3-1-2-4-8;/h2*1-4H;/q;;+2. The molecule has 0 aliphatic carbocycles. The second-order valence-corrected chi connectivity index (χ2v) is 5.80. The molecule has 0 unspecified atom stereocenters. The van der Waals surface area contributed by atoms with Crippen molar-refractivity contribution in [2.45, 2.75) is 0 Å². The maximum Gasteiger partial charge on any atom is 2.00 e. The second-order valence-electron chi connectivity index (χ2n) is 2.56. The Morgan fingerprint density at radius 2 is 0.941 bits per heavy atom. The van der Waals surface area contributed by atoms with Crippen molar-refractivity contribution in [2.24, 2.45) is 0 Å². The van der Waals surface area contributed by atoms with Gasteiger partial charge in [0.15, 0.2) is 0 Å². The van der Waals surface area contributed by atoms with Gasteiger partial charge in [-0.25, -0.2) is 0 Å². The number of rotatable bonds is 2. The van der Waals surface area contributed by atoms with E-state index in [1.807, 2.05) is 0 Å². The molecule has 2 aromatic heterocycles. The average molecular weight is 320 g/mol. The predicted octanol–water partition coefficient (Wildman–Crippen LogP) is 1.25. The number of thiophene rings is 2. The van der Waals surface area contributed by atoms with Crippen molar-refractivity contribution in [1.82, 2.24) is 0 Å². The molecule has 7 heteroatoms. The Bertz CT molecular complexity index is 406. The SMILES string of the molecule is O=C([O-])[s+]1cccc1.O=C([O-])[s+]1cccc1.[Cu+2]. The first-order chi connectivity index (χ1) is 7.61. The van der Waals surface area contributed by atoms with E-state index >= 15 is 0 Å². The molecular formula is C10H8CuO4S2+2. The van der Waals surface area contributed by atoms with E-state index in [2.05, 4.69) is 0 Å². The molecule has 0 atom stereocenters. The third-order valence-corrected chi connectivity index (χ3v) is 4.08. The van der Waals surface area contributed by atoms with E-state index in [0.29, 0.717) is 0 Å². The van der Waals surface area contributed by atoms with Crippen molar-refractivity contribution in [3.8, 4) is 0 Å². The van der Waals surface area contributed by atoms with Crippen LogP contribution in [0.3, 0.4) is 0 Å². The molecule has 0 saturated carbocycles. The van der Waals surface area contributed by atoms with Gasteiger partial charge in [0.05, 0.1) is 0 Å². The normalized spacial score (nSPS) is 8.47. The summed E-state index contributed by atoms with van der Waals surface area (Å²) in [6.45, 7) is 0. The first kappa shape index (κ1) is 15.9. The van der Waals surface area contributed by atoms with Crippen LogP contribution in [-0.2, 0) is 17.1 Å². The van der Waals surface area contributed by atoms with Crippen LogP contribution in [0.2, 0.25) is 0 Å². The fourth-order valence-corrected chi connectivity index (χ4v) is 2.50. The summed E-state index contributed by atoms with van der Waals surface area (Å²) in [7, 11) is -1.47. The first-order valence-electron chi connectivity index (χ1n) is 4.17. The van der Waals surface area contributed by atoms with E-state index < -0.39 is 31.5 Å². The van der Waals surface area contributed by atoms with Crippen molar-refractivity contribution in [1.29, 1.82) is 0 Å². The van der Waals surface area contributed by atoms with Gasteiger partial charge in [-0.05, 0) is 24.3 Å². The van der Waals surface area contributed by atoms with Gasteiger partial charge in [0.1, 0.15) is 21.5 Å². The summed E-state index contributed by atoms with van der Waals surface area (Å²) < 4.78 is 0. The smallest absolute Gasteiger partial charge is 0.500 e. The summed E-state index contributed by atoms with van der Waals surface area (Å²) in [5.74, 6) is 0. The van der Waals surface area contributed by atoms with Gasteiger partial charge in [0.2, 0.25) is 0 Å². The average Bonchev–Trinajstić information content (AvgIpc) is 2.93. The zero-order valence-electron chi connectivity index (χ0n) is 8.37. The Labute approximate surface area is 114 Å². The van der Waals surface area contributed by atoms with Gasteiger partial charge in [0, 0.05) is 20.9 Å². The van der Waals surface area contributed by atoms with Crippen LogP contribution in [0.15, 0.2) is 45.8 Å². The zero-order chi connectivity index (χ0) is 12.0. The van der Waals surface area contributed by atoms with Crippen molar-refractivity contribution in [2.75, 3.05) is 0 Å². The molecule has 17 heavy (non-hydrogen) atoms. The van der Waals surface area contributed by atoms with Crippen LogP contribution in [-0.4, -0.2) is 10.6 Å². The van der Waals surface area contributed by atoms with Crippen molar-refractivity contribution in [3.63, 3.8) is 0 Å². The van der Waals surface area contributed by atoms with Crippen LogP contribution in [0, 0.1) is 0 Å². The molecule has 4 nitrogen and oxygen atoms in total. The molecule has 0 saturated heterocycles. The Morgan fingerprint density at radius 3 is 1.06 bits per heavy atom. The Kier molecular flexibility index (Phi) is 7.49. The topological polar surface area (TPSA) is 80.3 Å². The van der Waals surface area contributed by atoms with Gasteiger partial charge in [-0.1, -0.05) is 0 Å². The Balaban J connectivity index is 0.000000284. The van der Waals surface area contributed by atoms with E-state index in [9.17, 15) is 19.8 Å². The molecule has 0 bridgehead atoms. The number of carbonyl (C=O) groups excluding carboxylic acids is 2. The van der Waals surface area contributed by atoms with E-state index in [1.165, 1.54) is 0 Å². The van der Waals surface area contributed by atoms with Gasteiger partial charge in [-0.2, -0.15) is 0 Å². The van der Waals surface area contributed by atoms with E-state index in [4.69, 9.17) is 0 Å². The van der Waals surface area contributed by atoms with Gasteiger partial charge in [-0.3, -0.25) is 0 Å². The number of hydrogen-bond acceptors (Lipinski definition) is 4. The maximum atomic E-state index is 10.0.